The van der Waals surface area contributed by atoms with Crippen molar-refractivity contribution in [2.45, 2.75) is 38.6 Å². The Hall–Kier alpha value is -3.55. The molecular formula is C26H26F2N4O2. The van der Waals surface area contributed by atoms with Gasteiger partial charge >= 0.3 is 0 Å². The summed E-state index contributed by atoms with van der Waals surface area (Å²) in [4.78, 5) is 31.5. The molecule has 0 atom stereocenters. The Balaban J connectivity index is 1.17. The van der Waals surface area contributed by atoms with Gasteiger partial charge in [0.1, 0.15) is 17.5 Å². The fourth-order valence-electron chi connectivity index (χ4n) is 4.79. The first-order valence-corrected chi connectivity index (χ1v) is 11.7. The van der Waals surface area contributed by atoms with Crippen LogP contribution in [-0.2, 0) is 17.8 Å². The van der Waals surface area contributed by atoms with Gasteiger partial charge in [-0.15, -0.1) is 0 Å². The number of hydrogen-bond acceptors (Lipinski definition) is 3. The summed E-state index contributed by atoms with van der Waals surface area (Å²) in [5.74, 6) is -1.44. The van der Waals surface area contributed by atoms with Gasteiger partial charge in [-0.05, 0) is 68.5 Å². The molecule has 176 valence electrons. The molecule has 0 saturated carbocycles. The summed E-state index contributed by atoms with van der Waals surface area (Å²) in [6, 6.07) is 10.6. The van der Waals surface area contributed by atoms with Gasteiger partial charge in [0.05, 0.1) is 5.56 Å². The van der Waals surface area contributed by atoms with Gasteiger partial charge in [0.2, 0.25) is 5.91 Å². The number of nitrogens with zero attached hydrogens (tertiary/aromatic N) is 3. The number of halogens is 2. The number of rotatable bonds is 4. The highest BCUT2D eigenvalue weighted by molar-refractivity contribution is 5.95. The third-order valence-corrected chi connectivity index (χ3v) is 6.73. The average molecular weight is 465 g/mol. The molecule has 2 amide bonds. The minimum atomic E-state index is -0.871. The Bertz CT molecular complexity index is 1210. The first-order valence-electron chi connectivity index (χ1n) is 11.7. The van der Waals surface area contributed by atoms with Crippen molar-refractivity contribution < 1.29 is 18.4 Å². The zero-order valence-corrected chi connectivity index (χ0v) is 18.8. The van der Waals surface area contributed by atoms with E-state index in [1.54, 1.807) is 0 Å². The molecule has 2 aliphatic rings. The summed E-state index contributed by atoms with van der Waals surface area (Å²) < 4.78 is 29.3. The van der Waals surface area contributed by atoms with Gasteiger partial charge in [0.25, 0.3) is 5.91 Å². The van der Waals surface area contributed by atoms with E-state index in [4.69, 9.17) is 0 Å². The van der Waals surface area contributed by atoms with E-state index in [1.165, 1.54) is 17.0 Å². The standard InChI is InChI=1S/C26H26F2N4O2/c27-19-6-9-22(23(28)15-19)26(34)31-13-10-18(11-14-31)25(33)30-20-7-4-17(5-8-20)24-29-16-21-3-1-2-12-32(21)24/h4-9,15-16,18H,1-3,10-14H2,(H,30,33). The molecule has 6 nitrogen and oxygen atoms in total. The quantitative estimate of drug-likeness (QED) is 0.611. The number of nitrogens with one attached hydrogen (secondary N) is 1. The number of piperidine rings is 1. The number of fused-ring (bicyclic) bond motifs is 1. The molecule has 2 aromatic carbocycles. The Labute approximate surface area is 196 Å². The van der Waals surface area contributed by atoms with E-state index < -0.39 is 17.5 Å². The fourth-order valence-corrected chi connectivity index (χ4v) is 4.79. The van der Waals surface area contributed by atoms with Crippen molar-refractivity contribution >= 4 is 17.5 Å². The Morgan fingerprint density at radius 3 is 2.47 bits per heavy atom. The molecule has 2 aliphatic heterocycles. The van der Waals surface area contributed by atoms with Crippen LogP contribution in [0.4, 0.5) is 14.5 Å². The van der Waals surface area contributed by atoms with Crippen molar-refractivity contribution in [3.05, 3.63) is 71.6 Å². The molecular weight excluding hydrogens is 438 g/mol. The van der Waals surface area contributed by atoms with Crippen LogP contribution < -0.4 is 5.32 Å². The fraction of sp³-hybridized carbons (Fsp3) is 0.346. The highest BCUT2D eigenvalue weighted by atomic mass is 19.1. The molecule has 8 heteroatoms. The molecule has 1 fully saturated rings. The summed E-state index contributed by atoms with van der Waals surface area (Å²) >= 11 is 0. The third-order valence-electron chi connectivity index (χ3n) is 6.73. The maximum absolute atomic E-state index is 13.9. The molecule has 1 aromatic heterocycles. The Morgan fingerprint density at radius 2 is 1.74 bits per heavy atom. The second-order valence-corrected chi connectivity index (χ2v) is 8.94. The van der Waals surface area contributed by atoms with Crippen LogP contribution in [0.3, 0.4) is 0 Å². The van der Waals surface area contributed by atoms with Crippen LogP contribution in [0.25, 0.3) is 11.4 Å². The molecule has 1 N–H and O–H groups in total. The summed E-state index contributed by atoms with van der Waals surface area (Å²) in [5, 5.41) is 2.97. The number of anilines is 1. The number of hydrogen-bond donors (Lipinski definition) is 1. The van der Waals surface area contributed by atoms with E-state index >= 15 is 0 Å². The number of benzene rings is 2. The molecule has 1 saturated heterocycles. The first kappa shape index (κ1) is 22.3. The van der Waals surface area contributed by atoms with Crippen LogP contribution in [-0.4, -0.2) is 39.4 Å². The molecule has 34 heavy (non-hydrogen) atoms. The number of carbonyl (C=O) groups excluding carboxylic acids is 2. The SMILES string of the molecule is O=C(Nc1ccc(-c2ncc3n2CCCC3)cc1)C1CCN(C(=O)c2ccc(F)cc2F)CC1. The van der Waals surface area contributed by atoms with Crippen molar-refractivity contribution in [2.75, 3.05) is 18.4 Å². The normalized spacial score (nSPS) is 16.2. The van der Waals surface area contributed by atoms with Gasteiger partial charge in [-0.1, -0.05) is 0 Å². The zero-order chi connectivity index (χ0) is 23.7. The summed E-state index contributed by atoms with van der Waals surface area (Å²) in [5.41, 5.74) is 2.85. The van der Waals surface area contributed by atoms with E-state index in [2.05, 4.69) is 14.9 Å². The molecule has 0 radical (unpaired) electrons. The minimum absolute atomic E-state index is 0.0917. The van der Waals surface area contributed by atoms with E-state index in [-0.39, 0.29) is 17.4 Å². The summed E-state index contributed by atoms with van der Waals surface area (Å²) in [6.07, 6.45) is 6.34. The van der Waals surface area contributed by atoms with Crippen LogP contribution in [0.5, 0.6) is 0 Å². The summed E-state index contributed by atoms with van der Waals surface area (Å²) in [6.45, 7) is 1.67. The van der Waals surface area contributed by atoms with Gasteiger partial charge in [-0.3, -0.25) is 9.59 Å². The Morgan fingerprint density at radius 1 is 0.971 bits per heavy atom. The van der Waals surface area contributed by atoms with Crippen molar-refractivity contribution in [3.63, 3.8) is 0 Å². The topological polar surface area (TPSA) is 67.2 Å². The van der Waals surface area contributed by atoms with Gasteiger partial charge in [0.15, 0.2) is 0 Å². The molecule has 3 heterocycles. The van der Waals surface area contributed by atoms with E-state index in [0.29, 0.717) is 37.7 Å². The monoisotopic (exact) mass is 464 g/mol. The number of carbonyl (C=O) groups is 2. The van der Waals surface area contributed by atoms with Gasteiger partial charge in [-0.2, -0.15) is 0 Å². The number of amides is 2. The highest BCUT2D eigenvalue weighted by Gasteiger charge is 2.29. The average Bonchev–Trinajstić information content (AvgIpc) is 3.28. The predicted octanol–water partition coefficient (Wildman–Crippen LogP) is 4.66. The van der Waals surface area contributed by atoms with Gasteiger partial charge < -0.3 is 14.8 Å². The Kier molecular flexibility index (Phi) is 6.13. The lowest BCUT2D eigenvalue weighted by molar-refractivity contribution is -0.121. The summed E-state index contributed by atoms with van der Waals surface area (Å²) in [7, 11) is 0. The van der Waals surface area contributed by atoms with Crippen molar-refractivity contribution in [1.29, 1.82) is 0 Å². The van der Waals surface area contributed by atoms with Crippen molar-refractivity contribution in [1.82, 2.24) is 14.5 Å². The largest absolute Gasteiger partial charge is 0.339 e. The van der Waals surface area contributed by atoms with E-state index in [1.807, 2.05) is 30.5 Å². The smallest absolute Gasteiger partial charge is 0.256 e. The molecule has 0 bridgehead atoms. The van der Waals surface area contributed by atoms with Gasteiger partial charge in [0, 0.05) is 54.8 Å². The number of aryl methyl sites for hydroxylation is 1. The van der Waals surface area contributed by atoms with Gasteiger partial charge in [-0.25, -0.2) is 13.8 Å². The highest BCUT2D eigenvalue weighted by Crippen LogP contribution is 2.27. The van der Waals surface area contributed by atoms with Crippen LogP contribution in [0.2, 0.25) is 0 Å². The van der Waals surface area contributed by atoms with Crippen LogP contribution >= 0.6 is 0 Å². The lowest BCUT2D eigenvalue weighted by Gasteiger charge is -2.31. The molecule has 0 unspecified atom stereocenters. The second-order valence-electron chi connectivity index (χ2n) is 8.94. The predicted molar refractivity (Wildman–Crippen MR) is 124 cm³/mol. The lowest BCUT2D eigenvalue weighted by atomic mass is 9.95. The molecule has 0 spiro atoms. The van der Waals surface area contributed by atoms with Crippen LogP contribution in [0, 0.1) is 17.6 Å². The minimum Gasteiger partial charge on any atom is -0.339 e. The number of likely N-dealkylation sites (tertiary alicyclic amines) is 1. The van der Waals surface area contributed by atoms with E-state index in [0.717, 1.165) is 42.9 Å². The zero-order valence-electron chi connectivity index (χ0n) is 18.8. The number of aromatic nitrogens is 2. The van der Waals surface area contributed by atoms with Crippen LogP contribution in [0.15, 0.2) is 48.7 Å². The third kappa shape index (κ3) is 4.44. The lowest BCUT2D eigenvalue weighted by Crippen LogP contribution is -2.41. The maximum atomic E-state index is 13.9. The second kappa shape index (κ2) is 9.37. The molecule has 5 rings (SSSR count). The van der Waals surface area contributed by atoms with Crippen molar-refractivity contribution in [2.24, 2.45) is 5.92 Å². The molecule has 0 aliphatic carbocycles. The van der Waals surface area contributed by atoms with Crippen LogP contribution in [0.1, 0.15) is 41.7 Å². The maximum Gasteiger partial charge on any atom is 0.256 e. The first-order chi connectivity index (χ1) is 16.5. The van der Waals surface area contributed by atoms with Crippen molar-refractivity contribution in [3.8, 4) is 11.4 Å². The van der Waals surface area contributed by atoms with E-state index in [9.17, 15) is 18.4 Å². The number of imidazole rings is 1. The molecule has 3 aromatic rings.